The van der Waals surface area contributed by atoms with Crippen LogP contribution in [-0.4, -0.2) is 35.4 Å². The molecule has 1 aromatic carbocycles. The Bertz CT molecular complexity index is 778. The number of carbonyl (C=O) groups excluding carboxylic acids is 2. The lowest BCUT2D eigenvalue weighted by Crippen LogP contribution is -2.44. The first kappa shape index (κ1) is 15.9. The summed E-state index contributed by atoms with van der Waals surface area (Å²) < 4.78 is 5.22. The smallest absolute Gasteiger partial charge is 0.228 e. The molecule has 2 aromatic rings. The molecule has 1 saturated heterocycles. The third kappa shape index (κ3) is 3.19. The van der Waals surface area contributed by atoms with Crippen LogP contribution < -0.4 is 15.4 Å². The molecule has 1 aliphatic heterocycles. The van der Waals surface area contributed by atoms with E-state index in [9.17, 15) is 9.59 Å². The number of carbonyl (C=O) groups is 2. The summed E-state index contributed by atoms with van der Waals surface area (Å²) in [5.74, 6) is 0.379. The van der Waals surface area contributed by atoms with Gasteiger partial charge in [0.15, 0.2) is 0 Å². The van der Waals surface area contributed by atoms with E-state index in [0.717, 1.165) is 11.3 Å². The Labute approximate surface area is 139 Å². The number of methoxy groups -OCH3 is 1. The molecule has 0 spiro atoms. The fourth-order valence-electron chi connectivity index (χ4n) is 2.73. The molecule has 1 aliphatic rings. The molecule has 24 heavy (non-hydrogen) atoms. The van der Waals surface area contributed by atoms with Crippen molar-refractivity contribution in [1.29, 1.82) is 0 Å². The number of aromatic nitrogens is 2. The Kier molecular flexibility index (Phi) is 4.41. The minimum atomic E-state index is -0.394. The number of hydrogen-bond acceptors (Lipinski definition) is 5. The van der Waals surface area contributed by atoms with Gasteiger partial charge in [0.1, 0.15) is 17.9 Å². The number of amides is 2. The van der Waals surface area contributed by atoms with E-state index in [2.05, 4.69) is 9.97 Å². The van der Waals surface area contributed by atoms with Gasteiger partial charge in [-0.3, -0.25) is 14.5 Å². The monoisotopic (exact) mass is 326 g/mol. The van der Waals surface area contributed by atoms with Crippen LogP contribution in [0.1, 0.15) is 12.8 Å². The Hall–Kier alpha value is -2.96. The van der Waals surface area contributed by atoms with Crippen LogP contribution in [0.15, 0.2) is 36.7 Å². The fraction of sp³-hybridized carbons (Fsp3) is 0.294. The van der Waals surface area contributed by atoms with Gasteiger partial charge in [0, 0.05) is 24.6 Å². The zero-order valence-corrected chi connectivity index (χ0v) is 13.3. The van der Waals surface area contributed by atoms with E-state index in [0.29, 0.717) is 17.9 Å². The summed E-state index contributed by atoms with van der Waals surface area (Å²) in [7, 11) is 1.60. The Morgan fingerprint density at radius 3 is 2.92 bits per heavy atom. The van der Waals surface area contributed by atoms with Crippen LogP contribution in [0.3, 0.4) is 0 Å². The molecule has 1 aromatic heterocycles. The van der Waals surface area contributed by atoms with Gasteiger partial charge in [-0.2, -0.15) is 0 Å². The van der Waals surface area contributed by atoms with Crippen molar-refractivity contribution in [3.63, 3.8) is 0 Å². The molecule has 1 fully saturated rings. The second kappa shape index (κ2) is 6.66. The standard InChI is InChI=1S/C17H18N4O3/c1-24-13-4-2-3-11(7-13)14-8-15(20-10-19-14)21-9-12(17(18)23)5-6-16(21)22/h2-4,7-8,10,12H,5-6,9H2,1H3,(H2,18,23). The SMILES string of the molecule is COc1cccc(-c2cc(N3CC(C(N)=O)CCC3=O)ncn2)c1. The highest BCUT2D eigenvalue weighted by molar-refractivity contribution is 5.95. The quantitative estimate of drug-likeness (QED) is 0.915. The lowest BCUT2D eigenvalue weighted by Gasteiger charge is -2.30. The average Bonchev–Trinajstić information content (AvgIpc) is 2.62. The number of anilines is 1. The zero-order valence-electron chi connectivity index (χ0n) is 13.3. The number of nitrogens with two attached hydrogens (primary N) is 1. The second-order valence-corrected chi connectivity index (χ2v) is 5.64. The van der Waals surface area contributed by atoms with Crippen LogP contribution in [-0.2, 0) is 9.59 Å². The summed E-state index contributed by atoms with van der Waals surface area (Å²) >= 11 is 0. The first-order valence-corrected chi connectivity index (χ1v) is 7.64. The van der Waals surface area contributed by atoms with Crippen molar-refractivity contribution in [2.45, 2.75) is 12.8 Å². The second-order valence-electron chi connectivity index (χ2n) is 5.64. The molecule has 0 radical (unpaired) electrons. The topological polar surface area (TPSA) is 98.4 Å². The molecule has 1 atom stereocenters. The van der Waals surface area contributed by atoms with E-state index >= 15 is 0 Å². The maximum Gasteiger partial charge on any atom is 0.228 e. The Balaban J connectivity index is 1.92. The van der Waals surface area contributed by atoms with Gasteiger partial charge >= 0.3 is 0 Å². The van der Waals surface area contributed by atoms with Crippen molar-refractivity contribution in [2.24, 2.45) is 11.7 Å². The van der Waals surface area contributed by atoms with E-state index in [4.69, 9.17) is 10.5 Å². The molecule has 3 rings (SSSR count). The van der Waals surface area contributed by atoms with Crippen LogP contribution in [0.25, 0.3) is 11.3 Å². The maximum absolute atomic E-state index is 12.2. The number of hydrogen-bond donors (Lipinski definition) is 1. The number of rotatable bonds is 4. The van der Waals surface area contributed by atoms with Crippen LogP contribution in [0.2, 0.25) is 0 Å². The third-order valence-electron chi connectivity index (χ3n) is 4.11. The van der Waals surface area contributed by atoms with Crippen LogP contribution in [0.5, 0.6) is 5.75 Å². The largest absolute Gasteiger partial charge is 0.497 e. The molecule has 1 unspecified atom stereocenters. The van der Waals surface area contributed by atoms with Crippen molar-refractivity contribution < 1.29 is 14.3 Å². The van der Waals surface area contributed by atoms with Gasteiger partial charge in [0.05, 0.1) is 18.7 Å². The minimum Gasteiger partial charge on any atom is -0.497 e. The summed E-state index contributed by atoms with van der Waals surface area (Å²) in [6, 6.07) is 9.20. The fourth-order valence-corrected chi connectivity index (χ4v) is 2.73. The highest BCUT2D eigenvalue weighted by Crippen LogP contribution is 2.27. The van der Waals surface area contributed by atoms with Crippen molar-refractivity contribution >= 4 is 17.6 Å². The van der Waals surface area contributed by atoms with Crippen molar-refractivity contribution in [3.8, 4) is 17.0 Å². The molecule has 124 valence electrons. The van der Waals surface area contributed by atoms with Gasteiger partial charge in [-0.15, -0.1) is 0 Å². The number of benzene rings is 1. The number of primary amides is 1. The zero-order chi connectivity index (χ0) is 17.1. The average molecular weight is 326 g/mol. The Morgan fingerprint density at radius 1 is 1.33 bits per heavy atom. The molecule has 2 N–H and O–H groups in total. The van der Waals surface area contributed by atoms with E-state index in [1.54, 1.807) is 13.2 Å². The van der Waals surface area contributed by atoms with Gasteiger partial charge in [0.2, 0.25) is 11.8 Å². The van der Waals surface area contributed by atoms with Gasteiger partial charge in [-0.1, -0.05) is 12.1 Å². The molecular formula is C17H18N4O3. The van der Waals surface area contributed by atoms with Crippen molar-refractivity contribution in [3.05, 3.63) is 36.7 Å². The lowest BCUT2D eigenvalue weighted by molar-refractivity contribution is -0.125. The third-order valence-corrected chi connectivity index (χ3v) is 4.11. The summed E-state index contributed by atoms with van der Waals surface area (Å²) in [6.45, 7) is 0.253. The van der Waals surface area contributed by atoms with Crippen LogP contribution >= 0.6 is 0 Å². The summed E-state index contributed by atoms with van der Waals surface area (Å²) in [5.41, 5.74) is 6.91. The molecule has 0 saturated carbocycles. The normalized spacial score (nSPS) is 17.6. The molecule has 2 amide bonds. The predicted molar refractivity (Wildman–Crippen MR) is 88.3 cm³/mol. The number of piperidine rings is 1. The molecule has 7 nitrogen and oxygen atoms in total. The number of nitrogens with zero attached hydrogens (tertiary/aromatic N) is 3. The van der Waals surface area contributed by atoms with Gasteiger partial charge in [-0.25, -0.2) is 9.97 Å². The van der Waals surface area contributed by atoms with E-state index in [1.807, 2.05) is 24.3 Å². The maximum atomic E-state index is 12.2. The molecule has 2 heterocycles. The van der Waals surface area contributed by atoms with Crippen LogP contribution in [0.4, 0.5) is 5.82 Å². The highest BCUT2D eigenvalue weighted by atomic mass is 16.5. The first-order chi connectivity index (χ1) is 11.6. The molecule has 0 aliphatic carbocycles. The van der Waals surface area contributed by atoms with Gasteiger partial charge in [0.25, 0.3) is 0 Å². The minimum absolute atomic E-state index is 0.0669. The molecule has 0 bridgehead atoms. The highest BCUT2D eigenvalue weighted by Gasteiger charge is 2.30. The van der Waals surface area contributed by atoms with Gasteiger partial charge < -0.3 is 10.5 Å². The Morgan fingerprint density at radius 2 is 2.17 bits per heavy atom. The first-order valence-electron chi connectivity index (χ1n) is 7.64. The van der Waals surface area contributed by atoms with Gasteiger partial charge in [-0.05, 0) is 18.6 Å². The molecule has 7 heteroatoms. The molecular weight excluding hydrogens is 308 g/mol. The summed E-state index contributed by atoms with van der Waals surface area (Å²) in [5, 5.41) is 0. The lowest BCUT2D eigenvalue weighted by atomic mass is 9.97. The van der Waals surface area contributed by atoms with Crippen LogP contribution in [0, 0.1) is 5.92 Å². The van der Waals surface area contributed by atoms with Crippen molar-refractivity contribution in [1.82, 2.24) is 9.97 Å². The van der Waals surface area contributed by atoms with E-state index < -0.39 is 5.91 Å². The van der Waals surface area contributed by atoms with E-state index in [-0.39, 0.29) is 24.8 Å². The van der Waals surface area contributed by atoms with E-state index in [1.165, 1.54) is 11.2 Å². The summed E-state index contributed by atoms with van der Waals surface area (Å²) in [4.78, 5) is 33.6. The van der Waals surface area contributed by atoms with Crippen molar-refractivity contribution in [2.75, 3.05) is 18.6 Å². The number of ether oxygens (including phenoxy) is 1. The summed E-state index contributed by atoms with van der Waals surface area (Å²) in [6.07, 6.45) is 2.18. The predicted octanol–water partition coefficient (Wildman–Crippen LogP) is 1.38.